The lowest BCUT2D eigenvalue weighted by Crippen LogP contribution is -2.05. The van der Waals surface area contributed by atoms with Gasteiger partial charge in [0, 0.05) is 5.39 Å². The molecule has 7 heteroatoms. The summed E-state index contributed by atoms with van der Waals surface area (Å²) in [6, 6.07) is 6.99. The van der Waals surface area contributed by atoms with E-state index >= 15 is 0 Å². The van der Waals surface area contributed by atoms with E-state index < -0.39 is 23.4 Å². The zero-order valence-electron chi connectivity index (χ0n) is 9.86. The van der Waals surface area contributed by atoms with Crippen LogP contribution in [0.3, 0.4) is 0 Å². The first-order chi connectivity index (χ1) is 9.58. The number of furan rings is 1. The van der Waals surface area contributed by atoms with Crippen LogP contribution in [0.25, 0.3) is 22.4 Å². The average molecular weight is 273 g/mol. The van der Waals surface area contributed by atoms with E-state index in [1.54, 1.807) is 24.3 Å². The molecule has 3 aromatic rings. The van der Waals surface area contributed by atoms with Gasteiger partial charge < -0.3 is 19.0 Å². The van der Waals surface area contributed by atoms with Crippen molar-refractivity contribution in [1.29, 1.82) is 0 Å². The largest absolute Gasteiger partial charge is 0.476 e. The van der Waals surface area contributed by atoms with Crippen LogP contribution in [0.1, 0.15) is 21.0 Å². The Kier molecular flexibility index (Phi) is 2.53. The predicted molar refractivity (Wildman–Crippen MR) is 65.6 cm³/mol. The van der Waals surface area contributed by atoms with E-state index in [1.165, 1.54) is 6.26 Å². The summed E-state index contributed by atoms with van der Waals surface area (Å²) in [6.45, 7) is 0. The number of aromatic nitrogens is 1. The van der Waals surface area contributed by atoms with Gasteiger partial charge in [-0.3, -0.25) is 0 Å². The van der Waals surface area contributed by atoms with Gasteiger partial charge in [0.2, 0.25) is 17.3 Å². The summed E-state index contributed by atoms with van der Waals surface area (Å²) in [5.41, 5.74) is 0.322. The molecule has 7 nitrogen and oxygen atoms in total. The van der Waals surface area contributed by atoms with Crippen LogP contribution in [0.2, 0.25) is 0 Å². The summed E-state index contributed by atoms with van der Waals surface area (Å²) < 4.78 is 10.3. The summed E-state index contributed by atoms with van der Waals surface area (Å²) in [5.74, 6) is -3.78. The van der Waals surface area contributed by atoms with Crippen molar-refractivity contribution in [1.82, 2.24) is 4.98 Å². The Morgan fingerprint density at radius 2 is 1.85 bits per heavy atom. The normalized spacial score (nSPS) is 10.8. The van der Waals surface area contributed by atoms with E-state index in [9.17, 15) is 9.59 Å². The first-order valence-corrected chi connectivity index (χ1v) is 5.52. The van der Waals surface area contributed by atoms with E-state index in [0.717, 1.165) is 0 Å². The van der Waals surface area contributed by atoms with Crippen LogP contribution in [0.4, 0.5) is 0 Å². The van der Waals surface area contributed by atoms with Crippen molar-refractivity contribution in [3.63, 3.8) is 0 Å². The lowest BCUT2D eigenvalue weighted by molar-refractivity contribution is 0.0624. The van der Waals surface area contributed by atoms with Crippen LogP contribution in [-0.2, 0) is 0 Å². The molecule has 0 saturated carbocycles. The molecule has 0 aliphatic heterocycles. The maximum absolute atomic E-state index is 11.0. The summed E-state index contributed by atoms with van der Waals surface area (Å²) in [7, 11) is 0. The number of nitrogens with zero attached hydrogens (tertiary/aromatic N) is 1. The summed E-state index contributed by atoms with van der Waals surface area (Å²) in [4.78, 5) is 25.6. The highest BCUT2D eigenvalue weighted by atomic mass is 16.4. The minimum atomic E-state index is -1.49. The van der Waals surface area contributed by atoms with Crippen molar-refractivity contribution in [2.24, 2.45) is 0 Å². The minimum absolute atomic E-state index is 0.107. The molecule has 3 rings (SSSR count). The smallest absolute Gasteiger partial charge is 0.374 e. The second kappa shape index (κ2) is 4.23. The van der Waals surface area contributed by atoms with E-state index in [2.05, 4.69) is 4.98 Å². The highest BCUT2D eigenvalue weighted by Crippen LogP contribution is 2.31. The van der Waals surface area contributed by atoms with Crippen LogP contribution in [0.5, 0.6) is 0 Å². The van der Waals surface area contributed by atoms with E-state index in [-0.39, 0.29) is 5.89 Å². The van der Waals surface area contributed by atoms with Crippen LogP contribution in [0, 0.1) is 0 Å². The maximum atomic E-state index is 11.0. The monoisotopic (exact) mass is 273 g/mol. The fraction of sp³-hybridized carbons (Fsp3) is 0. The molecule has 0 atom stereocenters. The second-order valence-electron chi connectivity index (χ2n) is 3.95. The van der Waals surface area contributed by atoms with Gasteiger partial charge >= 0.3 is 11.9 Å². The van der Waals surface area contributed by atoms with Crippen molar-refractivity contribution in [3.05, 3.63) is 42.0 Å². The molecule has 100 valence electrons. The van der Waals surface area contributed by atoms with Gasteiger partial charge in [0.15, 0.2) is 0 Å². The molecule has 0 aliphatic rings. The molecule has 0 fully saturated rings. The Hall–Kier alpha value is -3.09. The topological polar surface area (TPSA) is 114 Å². The number of rotatable bonds is 3. The fourth-order valence-electron chi connectivity index (χ4n) is 1.87. The molecule has 2 aromatic heterocycles. The van der Waals surface area contributed by atoms with Gasteiger partial charge in [-0.1, -0.05) is 18.2 Å². The molecule has 0 spiro atoms. The van der Waals surface area contributed by atoms with Crippen LogP contribution >= 0.6 is 0 Å². The quantitative estimate of drug-likeness (QED) is 0.753. The van der Waals surface area contributed by atoms with Crippen LogP contribution < -0.4 is 0 Å². The number of carboxylic acid groups (broad SMARTS) is 2. The third kappa shape index (κ3) is 1.72. The van der Waals surface area contributed by atoms with E-state index in [1.807, 2.05) is 0 Å². The molecule has 0 aliphatic carbocycles. The molecule has 0 bridgehead atoms. The highest BCUT2D eigenvalue weighted by molar-refractivity contribution is 5.99. The van der Waals surface area contributed by atoms with Gasteiger partial charge in [0.25, 0.3) is 0 Å². The number of oxazole rings is 1. The first kappa shape index (κ1) is 12.0. The molecule has 0 saturated heterocycles. The molecule has 0 amide bonds. The van der Waals surface area contributed by atoms with Crippen LogP contribution in [0.15, 0.2) is 39.4 Å². The molecule has 0 unspecified atom stereocenters. The van der Waals surface area contributed by atoms with Gasteiger partial charge in [-0.05, 0) is 6.07 Å². The number of carboxylic acids is 2. The zero-order chi connectivity index (χ0) is 14.3. The van der Waals surface area contributed by atoms with Crippen molar-refractivity contribution >= 4 is 22.9 Å². The maximum Gasteiger partial charge on any atom is 0.374 e. The Morgan fingerprint density at radius 3 is 2.50 bits per heavy atom. The number of hydrogen-bond acceptors (Lipinski definition) is 5. The van der Waals surface area contributed by atoms with Gasteiger partial charge in [0.1, 0.15) is 11.8 Å². The minimum Gasteiger partial charge on any atom is -0.476 e. The van der Waals surface area contributed by atoms with Crippen molar-refractivity contribution in [2.75, 3.05) is 0 Å². The third-order valence-corrected chi connectivity index (χ3v) is 2.74. The van der Waals surface area contributed by atoms with Gasteiger partial charge in [0.05, 0.1) is 5.56 Å². The van der Waals surface area contributed by atoms with Gasteiger partial charge in [-0.25, -0.2) is 14.6 Å². The average Bonchev–Trinajstić information content (AvgIpc) is 3.02. The highest BCUT2D eigenvalue weighted by Gasteiger charge is 2.26. The molecular formula is C13H7NO6. The number of hydrogen-bond donors (Lipinski definition) is 2. The van der Waals surface area contributed by atoms with E-state index in [0.29, 0.717) is 16.5 Å². The summed E-state index contributed by atoms with van der Waals surface area (Å²) in [6.07, 6.45) is 1.34. The Bertz CT molecular complexity index is 797. The van der Waals surface area contributed by atoms with Gasteiger partial charge in [-0.15, -0.1) is 0 Å². The SMILES string of the molecule is O=C(O)c1nc(-c2coc3ccccc23)oc1C(=O)O. The number of benzene rings is 1. The number of carbonyl (C=O) groups is 2. The van der Waals surface area contributed by atoms with Crippen molar-refractivity contribution in [3.8, 4) is 11.5 Å². The predicted octanol–water partition coefficient (Wildman–Crippen LogP) is 2.48. The summed E-state index contributed by atoms with van der Waals surface area (Å²) in [5, 5.41) is 18.5. The van der Waals surface area contributed by atoms with Crippen LogP contribution in [-0.4, -0.2) is 27.1 Å². The molecule has 0 radical (unpaired) electrons. The van der Waals surface area contributed by atoms with E-state index in [4.69, 9.17) is 19.0 Å². The fourth-order valence-corrected chi connectivity index (χ4v) is 1.87. The standard InChI is InChI=1S/C13H7NO6/c15-12(16)9-10(13(17)18)20-11(14-9)7-5-19-8-4-2-1-3-6(7)8/h1-5H,(H,15,16)(H,17,18). The summed E-state index contributed by atoms with van der Waals surface area (Å²) >= 11 is 0. The van der Waals surface area contributed by atoms with Crippen molar-refractivity contribution in [2.45, 2.75) is 0 Å². The molecule has 2 heterocycles. The number of fused-ring (bicyclic) bond motifs is 1. The molecule has 20 heavy (non-hydrogen) atoms. The second-order valence-corrected chi connectivity index (χ2v) is 3.95. The lowest BCUT2D eigenvalue weighted by Gasteiger charge is -1.90. The number of para-hydroxylation sites is 1. The Labute approximate surface area is 111 Å². The molecule has 2 N–H and O–H groups in total. The lowest BCUT2D eigenvalue weighted by atomic mass is 10.2. The Morgan fingerprint density at radius 1 is 1.10 bits per heavy atom. The Balaban J connectivity index is 2.22. The molecule has 1 aromatic carbocycles. The first-order valence-electron chi connectivity index (χ1n) is 5.52. The number of aromatic carboxylic acids is 2. The third-order valence-electron chi connectivity index (χ3n) is 2.74. The van der Waals surface area contributed by atoms with Crippen molar-refractivity contribution < 1.29 is 28.6 Å². The molecular weight excluding hydrogens is 266 g/mol. The van der Waals surface area contributed by atoms with Gasteiger partial charge in [-0.2, -0.15) is 0 Å². The zero-order valence-corrected chi connectivity index (χ0v) is 9.86.